The summed E-state index contributed by atoms with van der Waals surface area (Å²) in [4.78, 5) is 9.60. The van der Waals surface area contributed by atoms with Gasteiger partial charge in [-0.1, -0.05) is 0 Å². The Morgan fingerprint density at radius 2 is 1.93 bits per heavy atom. The first-order chi connectivity index (χ1) is 6.35. The van der Waals surface area contributed by atoms with Crippen molar-refractivity contribution in [2.45, 2.75) is 52.1 Å². The minimum atomic E-state index is -2.06. The molecular weight excluding hydrogens is 190 g/mol. The molecule has 1 aliphatic rings. The predicted molar refractivity (Wildman–Crippen MR) is 50.2 cm³/mol. The lowest BCUT2D eigenvalue weighted by Gasteiger charge is -2.14. The smallest absolute Gasteiger partial charge is 0.293 e. The van der Waals surface area contributed by atoms with E-state index < -0.39 is 6.43 Å². The number of hydrogen-bond acceptors (Lipinski definition) is 2. The second-order valence-corrected chi connectivity index (χ2v) is 4.40. The second-order valence-electron chi connectivity index (χ2n) is 4.40. The van der Waals surface area contributed by atoms with Gasteiger partial charge >= 0.3 is 0 Å². The molecular formula is C10H18F2O2. The van der Waals surface area contributed by atoms with Crippen LogP contribution in [0.5, 0.6) is 0 Å². The van der Waals surface area contributed by atoms with Gasteiger partial charge in [-0.15, -0.1) is 0 Å². The molecule has 1 saturated carbocycles. The van der Waals surface area contributed by atoms with Gasteiger partial charge in [0.05, 0.1) is 0 Å². The van der Waals surface area contributed by atoms with Crippen molar-refractivity contribution in [1.82, 2.24) is 0 Å². The molecule has 2 nitrogen and oxygen atoms in total. The summed E-state index contributed by atoms with van der Waals surface area (Å²) in [6.07, 6.45) is 0.141. The molecule has 0 aromatic heterocycles. The highest BCUT2D eigenvalue weighted by atomic mass is 19.3. The van der Waals surface area contributed by atoms with Crippen molar-refractivity contribution in [2.75, 3.05) is 0 Å². The van der Waals surface area contributed by atoms with E-state index in [0.717, 1.165) is 12.8 Å². The fraction of sp³-hybridized carbons (Fsp3) is 0.900. The van der Waals surface area contributed by atoms with Gasteiger partial charge in [0.15, 0.2) is 0 Å². The van der Waals surface area contributed by atoms with E-state index in [1.807, 2.05) is 20.8 Å². The Hall–Kier alpha value is -0.670. The molecule has 1 rings (SSSR count). The number of carbonyl (C=O) groups is 1. The van der Waals surface area contributed by atoms with Crippen LogP contribution in [0, 0.1) is 5.92 Å². The van der Waals surface area contributed by atoms with Gasteiger partial charge in [-0.2, -0.15) is 0 Å². The van der Waals surface area contributed by atoms with Crippen molar-refractivity contribution >= 4 is 6.47 Å². The number of ether oxygens (including phenoxy) is 1. The molecule has 84 valence electrons. The number of halogens is 2. The van der Waals surface area contributed by atoms with Gasteiger partial charge < -0.3 is 4.74 Å². The van der Waals surface area contributed by atoms with E-state index in [1.165, 1.54) is 0 Å². The Morgan fingerprint density at radius 1 is 1.43 bits per heavy atom. The fourth-order valence-electron chi connectivity index (χ4n) is 0.750. The molecule has 0 atom stereocenters. The van der Waals surface area contributed by atoms with E-state index >= 15 is 0 Å². The third kappa shape index (κ3) is 11.3. The molecule has 0 spiro atoms. The van der Waals surface area contributed by atoms with Gasteiger partial charge in [0, 0.05) is 6.42 Å². The van der Waals surface area contributed by atoms with E-state index in [-0.39, 0.29) is 12.0 Å². The summed E-state index contributed by atoms with van der Waals surface area (Å²) in [5.74, 6) is 0.375. The lowest BCUT2D eigenvalue weighted by Crippen LogP contribution is -2.17. The average Bonchev–Trinajstić information content (AvgIpc) is 2.68. The van der Waals surface area contributed by atoms with Crippen LogP contribution >= 0.6 is 0 Å². The number of carbonyl (C=O) groups excluding carboxylic acids is 1. The van der Waals surface area contributed by atoms with E-state index in [1.54, 1.807) is 0 Å². The fourth-order valence-corrected chi connectivity index (χ4v) is 0.750. The van der Waals surface area contributed by atoms with Crippen LogP contribution in [0.2, 0.25) is 0 Å². The lowest BCUT2D eigenvalue weighted by molar-refractivity contribution is -0.138. The van der Waals surface area contributed by atoms with Crippen LogP contribution in [0.15, 0.2) is 0 Å². The highest BCUT2D eigenvalue weighted by Gasteiger charge is 2.24. The van der Waals surface area contributed by atoms with Crippen molar-refractivity contribution in [3.8, 4) is 0 Å². The molecule has 14 heavy (non-hydrogen) atoms. The number of rotatable bonds is 3. The molecule has 1 aliphatic carbocycles. The van der Waals surface area contributed by atoms with Crippen molar-refractivity contribution in [1.29, 1.82) is 0 Å². The van der Waals surface area contributed by atoms with Gasteiger partial charge in [-0.3, -0.25) is 4.79 Å². The Bertz CT molecular complexity index is 160. The highest BCUT2D eigenvalue weighted by molar-refractivity contribution is 5.37. The largest absolute Gasteiger partial charge is 0.462 e. The zero-order chi connectivity index (χ0) is 11.2. The molecule has 0 bridgehead atoms. The SMILES string of the molecule is CC(C)(C)OC=O.FC(F)CC1CC1. The van der Waals surface area contributed by atoms with Crippen molar-refractivity contribution < 1.29 is 18.3 Å². The summed E-state index contributed by atoms with van der Waals surface area (Å²) in [5, 5.41) is 0. The van der Waals surface area contributed by atoms with Crippen LogP contribution in [0.25, 0.3) is 0 Å². The standard InChI is InChI=1S/C5H8F2.C5H10O2/c6-5(7)3-4-1-2-4;1-5(2,3)7-4-6/h4-5H,1-3H2;4H,1-3H3. The maximum atomic E-state index is 11.3. The van der Waals surface area contributed by atoms with Gasteiger partial charge in [0.2, 0.25) is 6.43 Å². The number of hydrogen-bond donors (Lipinski definition) is 0. The molecule has 0 amide bonds. The third-order valence-electron chi connectivity index (χ3n) is 1.61. The predicted octanol–water partition coefficient (Wildman–Crippen LogP) is 3.01. The highest BCUT2D eigenvalue weighted by Crippen LogP contribution is 2.34. The number of alkyl halides is 2. The van der Waals surface area contributed by atoms with Crippen LogP contribution in [0.3, 0.4) is 0 Å². The van der Waals surface area contributed by atoms with Crippen LogP contribution in [-0.4, -0.2) is 18.5 Å². The Balaban J connectivity index is 0.000000241. The monoisotopic (exact) mass is 208 g/mol. The second kappa shape index (κ2) is 5.94. The molecule has 0 saturated heterocycles. The first kappa shape index (κ1) is 13.3. The van der Waals surface area contributed by atoms with Gasteiger partial charge in [-0.05, 0) is 39.5 Å². The lowest BCUT2D eigenvalue weighted by atomic mass is 10.2. The molecule has 4 heteroatoms. The Morgan fingerprint density at radius 3 is 2.00 bits per heavy atom. The first-order valence-corrected chi connectivity index (χ1v) is 4.74. The van der Waals surface area contributed by atoms with Crippen LogP contribution in [0.1, 0.15) is 40.0 Å². The van der Waals surface area contributed by atoms with Crippen molar-refractivity contribution in [3.05, 3.63) is 0 Å². The average molecular weight is 208 g/mol. The molecule has 0 unspecified atom stereocenters. The topological polar surface area (TPSA) is 26.3 Å². The zero-order valence-electron chi connectivity index (χ0n) is 8.93. The summed E-state index contributed by atoms with van der Waals surface area (Å²) >= 11 is 0. The van der Waals surface area contributed by atoms with Gasteiger partial charge in [-0.25, -0.2) is 8.78 Å². The normalized spacial score (nSPS) is 15.9. The maximum absolute atomic E-state index is 11.3. The summed E-state index contributed by atoms with van der Waals surface area (Å²) in [6.45, 7) is 5.92. The summed E-state index contributed by atoms with van der Waals surface area (Å²) in [6, 6.07) is 0. The molecule has 1 fully saturated rings. The van der Waals surface area contributed by atoms with Crippen molar-refractivity contribution in [2.24, 2.45) is 5.92 Å². The summed E-state index contributed by atoms with van der Waals surface area (Å²) < 4.78 is 27.2. The van der Waals surface area contributed by atoms with E-state index in [9.17, 15) is 13.6 Å². The molecule has 0 radical (unpaired) electrons. The van der Waals surface area contributed by atoms with Gasteiger partial charge in [0.1, 0.15) is 5.60 Å². The molecule has 0 aromatic rings. The Labute approximate surface area is 83.6 Å². The molecule has 0 aromatic carbocycles. The quantitative estimate of drug-likeness (QED) is 0.666. The summed E-state index contributed by atoms with van der Waals surface area (Å²) in [5.41, 5.74) is -0.318. The first-order valence-electron chi connectivity index (χ1n) is 4.74. The van der Waals surface area contributed by atoms with Crippen LogP contribution in [0.4, 0.5) is 8.78 Å². The van der Waals surface area contributed by atoms with E-state index in [4.69, 9.17) is 0 Å². The van der Waals surface area contributed by atoms with Gasteiger partial charge in [0.25, 0.3) is 6.47 Å². The van der Waals surface area contributed by atoms with E-state index in [0.29, 0.717) is 12.4 Å². The van der Waals surface area contributed by atoms with Crippen LogP contribution < -0.4 is 0 Å². The third-order valence-corrected chi connectivity index (χ3v) is 1.61. The molecule has 0 aliphatic heterocycles. The summed E-state index contributed by atoms with van der Waals surface area (Å²) in [7, 11) is 0. The molecule has 0 heterocycles. The minimum absolute atomic E-state index is 0.139. The van der Waals surface area contributed by atoms with Crippen molar-refractivity contribution in [3.63, 3.8) is 0 Å². The maximum Gasteiger partial charge on any atom is 0.293 e. The molecule has 0 N–H and O–H groups in total. The van der Waals surface area contributed by atoms with E-state index in [2.05, 4.69) is 4.74 Å². The minimum Gasteiger partial charge on any atom is -0.462 e. The van der Waals surface area contributed by atoms with Crippen LogP contribution in [-0.2, 0) is 9.53 Å². The Kier molecular flexibility index (Phi) is 5.65. The zero-order valence-corrected chi connectivity index (χ0v) is 8.93.